The number of rotatable bonds is 8. The van der Waals surface area contributed by atoms with E-state index in [0.717, 1.165) is 12.8 Å². The first-order chi connectivity index (χ1) is 10.1. The van der Waals surface area contributed by atoms with Crippen LogP contribution in [0.15, 0.2) is 11.0 Å². The lowest BCUT2D eigenvalue weighted by molar-refractivity contribution is 0.229. The minimum Gasteiger partial charge on any atom is -0.396 e. The highest BCUT2D eigenvalue weighted by atomic mass is 35.5. The fourth-order valence-corrected chi connectivity index (χ4v) is 2.63. The van der Waals surface area contributed by atoms with Gasteiger partial charge in [0.2, 0.25) is 0 Å². The van der Waals surface area contributed by atoms with Gasteiger partial charge in [-0.3, -0.25) is 4.79 Å². The Kier molecular flexibility index (Phi) is 6.06. The first kappa shape index (κ1) is 16.3. The van der Waals surface area contributed by atoms with E-state index in [1.807, 2.05) is 6.92 Å². The summed E-state index contributed by atoms with van der Waals surface area (Å²) in [6.45, 7) is 3.56. The van der Waals surface area contributed by atoms with Gasteiger partial charge in [-0.25, -0.2) is 4.68 Å². The lowest BCUT2D eigenvalue weighted by Gasteiger charge is -2.25. The molecule has 1 aromatic rings. The number of hydrogen-bond acceptors (Lipinski definition) is 4. The smallest absolute Gasteiger partial charge is 0.291 e. The van der Waals surface area contributed by atoms with Gasteiger partial charge in [0.1, 0.15) is 5.69 Å². The molecule has 1 saturated carbocycles. The Morgan fingerprint density at radius 2 is 2.33 bits per heavy atom. The largest absolute Gasteiger partial charge is 0.396 e. The maximum atomic E-state index is 12.4. The molecule has 0 spiro atoms. The standard InChI is InChI=1S/C15H24ClN3O2/c1-11(10-20)4-3-7-17-14-13(16)8-18-19(15(14)21)9-12-5-2-6-12/h8,11-12,17,20H,2-7,9-10H2,1H3. The maximum absolute atomic E-state index is 12.4. The quantitative estimate of drug-likeness (QED) is 0.724. The summed E-state index contributed by atoms with van der Waals surface area (Å²) in [5, 5.41) is 16.6. The van der Waals surface area contributed by atoms with Crippen molar-refractivity contribution in [2.45, 2.75) is 45.6 Å². The zero-order valence-corrected chi connectivity index (χ0v) is 13.3. The van der Waals surface area contributed by atoms with E-state index in [9.17, 15) is 4.79 Å². The van der Waals surface area contributed by atoms with Gasteiger partial charge >= 0.3 is 0 Å². The topological polar surface area (TPSA) is 67.2 Å². The fraction of sp³-hybridized carbons (Fsp3) is 0.733. The van der Waals surface area contributed by atoms with Crippen molar-refractivity contribution in [2.24, 2.45) is 11.8 Å². The number of anilines is 1. The number of halogens is 1. The van der Waals surface area contributed by atoms with Crippen LogP contribution < -0.4 is 10.9 Å². The molecule has 5 nitrogen and oxygen atoms in total. The lowest BCUT2D eigenvalue weighted by atomic mass is 9.85. The SMILES string of the molecule is CC(CO)CCCNc1c(Cl)cnn(CC2CCC2)c1=O. The molecule has 2 rings (SSSR count). The first-order valence-corrected chi connectivity index (χ1v) is 8.10. The Morgan fingerprint density at radius 1 is 1.57 bits per heavy atom. The summed E-state index contributed by atoms with van der Waals surface area (Å²) in [7, 11) is 0. The van der Waals surface area contributed by atoms with Gasteiger partial charge in [-0.2, -0.15) is 5.10 Å². The molecular formula is C15H24ClN3O2. The lowest BCUT2D eigenvalue weighted by Crippen LogP contribution is -2.31. The maximum Gasteiger partial charge on any atom is 0.291 e. The van der Waals surface area contributed by atoms with Crippen LogP contribution in [0.1, 0.15) is 39.0 Å². The van der Waals surface area contributed by atoms with Crippen molar-refractivity contribution in [1.29, 1.82) is 0 Å². The monoisotopic (exact) mass is 313 g/mol. The summed E-state index contributed by atoms with van der Waals surface area (Å²) in [4.78, 5) is 12.4. The predicted octanol–water partition coefficient (Wildman–Crippen LogP) is 2.52. The Labute approximate surface area is 130 Å². The number of nitrogens with one attached hydrogen (secondary N) is 1. The van der Waals surface area contributed by atoms with Crippen LogP contribution in [0, 0.1) is 11.8 Å². The number of nitrogens with zero attached hydrogens (tertiary/aromatic N) is 2. The second-order valence-electron chi connectivity index (χ2n) is 6.01. The van der Waals surface area contributed by atoms with Crippen LogP contribution in [0.5, 0.6) is 0 Å². The highest BCUT2D eigenvalue weighted by Gasteiger charge is 2.20. The van der Waals surface area contributed by atoms with E-state index in [2.05, 4.69) is 10.4 Å². The van der Waals surface area contributed by atoms with E-state index in [1.165, 1.54) is 23.9 Å². The normalized spacial score (nSPS) is 16.5. The highest BCUT2D eigenvalue weighted by Crippen LogP contribution is 2.27. The molecule has 1 aromatic heterocycles. The average Bonchev–Trinajstić information content (AvgIpc) is 2.43. The van der Waals surface area contributed by atoms with Crippen molar-refractivity contribution in [2.75, 3.05) is 18.5 Å². The van der Waals surface area contributed by atoms with Gasteiger partial charge in [-0.15, -0.1) is 0 Å². The summed E-state index contributed by atoms with van der Waals surface area (Å²) in [6, 6.07) is 0. The average molecular weight is 314 g/mol. The number of aromatic nitrogens is 2. The molecular weight excluding hydrogens is 290 g/mol. The van der Waals surface area contributed by atoms with E-state index in [0.29, 0.717) is 29.7 Å². The van der Waals surface area contributed by atoms with Crippen molar-refractivity contribution in [3.8, 4) is 0 Å². The van der Waals surface area contributed by atoms with Crippen molar-refractivity contribution >= 4 is 17.3 Å². The van der Waals surface area contributed by atoms with Crippen LogP contribution in [-0.2, 0) is 6.54 Å². The minimum absolute atomic E-state index is 0.135. The summed E-state index contributed by atoms with van der Waals surface area (Å²) < 4.78 is 1.52. The summed E-state index contributed by atoms with van der Waals surface area (Å²) in [6.07, 6.45) is 6.96. The van der Waals surface area contributed by atoms with Gasteiger partial charge in [0.25, 0.3) is 5.56 Å². The third-order valence-corrected chi connectivity index (χ3v) is 4.43. The van der Waals surface area contributed by atoms with Crippen LogP contribution in [0.3, 0.4) is 0 Å². The number of aliphatic hydroxyl groups is 1. The Morgan fingerprint density at radius 3 is 2.95 bits per heavy atom. The van der Waals surface area contributed by atoms with Gasteiger partial charge in [-0.1, -0.05) is 24.9 Å². The molecule has 1 aliphatic carbocycles. The van der Waals surface area contributed by atoms with Crippen molar-refractivity contribution in [3.05, 3.63) is 21.6 Å². The molecule has 1 fully saturated rings. The molecule has 0 bridgehead atoms. The second-order valence-corrected chi connectivity index (χ2v) is 6.42. The zero-order valence-electron chi connectivity index (χ0n) is 12.5. The van der Waals surface area contributed by atoms with E-state index >= 15 is 0 Å². The summed E-state index contributed by atoms with van der Waals surface area (Å²) >= 11 is 6.08. The molecule has 0 aromatic carbocycles. The Hall–Kier alpha value is -1.07. The molecule has 0 aliphatic heterocycles. The van der Waals surface area contributed by atoms with Crippen LogP contribution in [0.4, 0.5) is 5.69 Å². The summed E-state index contributed by atoms with van der Waals surface area (Å²) in [5.74, 6) is 0.865. The van der Waals surface area contributed by atoms with Crippen molar-refractivity contribution in [1.82, 2.24) is 9.78 Å². The van der Waals surface area contributed by atoms with Crippen molar-refractivity contribution < 1.29 is 5.11 Å². The van der Waals surface area contributed by atoms with Gasteiger partial charge < -0.3 is 10.4 Å². The van der Waals surface area contributed by atoms with E-state index in [-0.39, 0.29) is 18.1 Å². The molecule has 0 radical (unpaired) electrons. The molecule has 1 unspecified atom stereocenters. The van der Waals surface area contributed by atoms with Crippen LogP contribution >= 0.6 is 11.6 Å². The fourth-order valence-electron chi connectivity index (χ4n) is 2.43. The molecule has 0 amide bonds. The van der Waals surface area contributed by atoms with Crippen LogP contribution in [-0.4, -0.2) is 28.0 Å². The molecule has 1 heterocycles. The minimum atomic E-state index is -0.135. The molecule has 118 valence electrons. The molecule has 1 atom stereocenters. The number of aliphatic hydroxyl groups excluding tert-OH is 1. The summed E-state index contributed by atoms with van der Waals surface area (Å²) in [5.41, 5.74) is 0.312. The van der Waals surface area contributed by atoms with Gasteiger partial charge in [0.15, 0.2) is 0 Å². The van der Waals surface area contributed by atoms with E-state index < -0.39 is 0 Å². The molecule has 2 N–H and O–H groups in total. The van der Waals surface area contributed by atoms with Gasteiger partial charge in [0, 0.05) is 19.7 Å². The number of hydrogen-bond donors (Lipinski definition) is 2. The molecule has 6 heteroatoms. The molecule has 21 heavy (non-hydrogen) atoms. The molecule has 0 saturated heterocycles. The van der Waals surface area contributed by atoms with E-state index in [1.54, 1.807) is 6.20 Å². The molecule has 1 aliphatic rings. The third kappa shape index (κ3) is 4.45. The Bertz CT molecular complexity index is 514. The van der Waals surface area contributed by atoms with Crippen LogP contribution in [0.25, 0.3) is 0 Å². The third-order valence-electron chi connectivity index (χ3n) is 4.14. The van der Waals surface area contributed by atoms with Crippen molar-refractivity contribution in [3.63, 3.8) is 0 Å². The van der Waals surface area contributed by atoms with Gasteiger partial charge in [-0.05, 0) is 37.5 Å². The van der Waals surface area contributed by atoms with E-state index in [4.69, 9.17) is 16.7 Å². The predicted molar refractivity (Wildman–Crippen MR) is 84.8 cm³/mol. The zero-order chi connectivity index (χ0) is 15.2. The Balaban J connectivity index is 1.94. The van der Waals surface area contributed by atoms with Crippen LogP contribution in [0.2, 0.25) is 5.02 Å². The van der Waals surface area contributed by atoms with Gasteiger partial charge in [0.05, 0.1) is 11.2 Å². The first-order valence-electron chi connectivity index (χ1n) is 7.72. The second kappa shape index (κ2) is 7.80. The highest BCUT2D eigenvalue weighted by molar-refractivity contribution is 6.32.